The zero-order chi connectivity index (χ0) is 14.2. The fourth-order valence-corrected chi connectivity index (χ4v) is 2.44. The molecule has 0 saturated heterocycles. The van der Waals surface area contributed by atoms with Crippen LogP contribution in [0.2, 0.25) is 0 Å². The van der Waals surface area contributed by atoms with E-state index in [0.717, 1.165) is 12.1 Å². The summed E-state index contributed by atoms with van der Waals surface area (Å²) in [6.07, 6.45) is -3.87. The second-order valence-electron chi connectivity index (χ2n) is 4.79. The third kappa shape index (κ3) is 2.97. The number of hydrogen-bond acceptors (Lipinski definition) is 3. The first-order chi connectivity index (χ1) is 8.77. The summed E-state index contributed by atoms with van der Waals surface area (Å²) < 4.78 is 37.9. The number of fused-ring (bicyclic) bond motifs is 1. The van der Waals surface area contributed by atoms with Crippen LogP contribution in [0, 0.1) is 10.1 Å². The maximum absolute atomic E-state index is 12.6. The van der Waals surface area contributed by atoms with E-state index in [1.165, 1.54) is 6.07 Å². The van der Waals surface area contributed by atoms with Crippen LogP contribution in [0.15, 0.2) is 18.2 Å². The molecule has 1 N–H and O–H groups in total. The Balaban J connectivity index is 2.38. The number of nitrogens with zero attached hydrogens (tertiary/aromatic N) is 1. The minimum Gasteiger partial charge on any atom is -0.382 e. The van der Waals surface area contributed by atoms with Gasteiger partial charge in [0, 0.05) is 16.7 Å². The highest BCUT2D eigenvalue weighted by Crippen LogP contribution is 2.38. The molecule has 19 heavy (non-hydrogen) atoms. The largest absolute Gasteiger partial charge is 0.416 e. The van der Waals surface area contributed by atoms with Crippen LogP contribution in [0.5, 0.6) is 0 Å². The molecule has 1 aliphatic heterocycles. The van der Waals surface area contributed by atoms with Gasteiger partial charge in [0.05, 0.1) is 11.5 Å². The number of rotatable bonds is 2. The van der Waals surface area contributed by atoms with Crippen molar-refractivity contribution in [3.63, 3.8) is 0 Å². The third-order valence-corrected chi connectivity index (χ3v) is 3.23. The van der Waals surface area contributed by atoms with Gasteiger partial charge in [-0.3, -0.25) is 10.1 Å². The van der Waals surface area contributed by atoms with Gasteiger partial charge in [0.25, 0.3) is 0 Å². The molecule has 1 heterocycles. The first-order valence-electron chi connectivity index (χ1n) is 5.87. The maximum atomic E-state index is 12.6. The van der Waals surface area contributed by atoms with E-state index in [9.17, 15) is 23.3 Å². The van der Waals surface area contributed by atoms with Gasteiger partial charge in [-0.25, -0.2) is 0 Å². The van der Waals surface area contributed by atoms with Crippen molar-refractivity contribution in [1.29, 1.82) is 0 Å². The fraction of sp³-hybridized carbons (Fsp3) is 0.500. The number of nitro groups is 1. The van der Waals surface area contributed by atoms with E-state index in [-0.39, 0.29) is 18.5 Å². The molecule has 104 valence electrons. The van der Waals surface area contributed by atoms with Gasteiger partial charge in [-0.2, -0.15) is 13.2 Å². The topological polar surface area (TPSA) is 55.2 Å². The molecule has 2 atom stereocenters. The van der Waals surface area contributed by atoms with Crippen molar-refractivity contribution in [2.45, 2.75) is 31.5 Å². The Morgan fingerprint density at radius 2 is 2.16 bits per heavy atom. The van der Waals surface area contributed by atoms with Gasteiger partial charge < -0.3 is 5.32 Å². The Morgan fingerprint density at radius 1 is 1.47 bits per heavy atom. The van der Waals surface area contributed by atoms with Gasteiger partial charge in [-0.15, -0.1) is 0 Å². The molecule has 0 radical (unpaired) electrons. The highest BCUT2D eigenvalue weighted by atomic mass is 19.4. The lowest BCUT2D eigenvalue weighted by molar-refractivity contribution is -0.483. The zero-order valence-electron chi connectivity index (χ0n) is 10.2. The van der Waals surface area contributed by atoms with Crippen molar-refractivity contribution in [3.8, 4) is 0 Å². The summed E-state index contributed by atoms with van der Waals surface area (Å²) in [7, 11) is 0. The summed E-state index contributed by atoms with van der Waals surface area (Å²) >= 11 is 0. The summed E-state index contributed by atoms with van der Waals surface area (Å²) in [4.78, 5) is 10.2. The summed E-state index contributed by atoms with van der Waals surface area (Å²) in [6.45, 7) is 1.54. The molecule has 1 aromatic rings. The summed E-state index contributed by atoms with van der Waals surface area (Å²) in [5.41, 5.74) is 0.191. The third-order valence-electron chi connectivity index (χ3n) is 3.23. The number of nitrogens with one attached hydrogen (secondary N) is 1. The Hall–Kier alpha value is -1.79. The molecule has 0 bridgehead atoms. The van der Waals surface area contributed by atoms with Crippen molar-refractivity contribution in [2.24, 2.45) is 0 Å². The molecule has 0 unspecified atom stereocenters. The lowest BCUT2D eigenvalue weighted by atomic mass is 9.87. The van der Waals surface area contributed by atoms with E-state index in [2.05, 4.69) is 5.32 Å². The molecule has 0 fully saturated rings. The molecular weight excluding hydrogens is 261 g/mol. The van der Waals surface area contributed by atoms with E-state index < -0.39 is 16.7 Å². The number of halogens is 3. The van der Waals surface area contributed by atoms with Crippen LogP contribution in [-0.4, -0.2) is 17.5 Å². The van der Waals surface area contributed by atoms with Crippen molar-refractivity contribution in [3.05, 3.63) is 39.4 Å². The van der Waals surface area contributed by atoms with E-state index in [0.29, 0.717) is 17.7 Å². The van der Waals surface area contributed by atoms with Crippen molar-refractivity contribution >= 4 is 5.69 Å². The predicted molar refractivity (Wildman–Crippen MR) is 63.7 cm³/mol. The highest BCUT2D eigenvalue weighted by Gasteiger charge is 2.34. The van der Waals surface area contributed by atoms with Gasteiger partial charge in [-0.05, 0) is 31.0 Å². The van der Waals surface area contributed by atoms with Crippen LogP contribution in [0.4, 0.5) is 18.9 Å². The number of hydrogen-bond donors (Lipinski definition) is 1. The van der Waals surface area contributed by atoms with Crippen molar-refractivity contribution in [2.75, 3.05) is 11.9 Å². The number of anilines is 1. The smallest absolute Gasteiger partial charge is 0.382 e. The number of alkyl halides is 3. The highest BCUT2D eigenvalue weighted by molar-refractivity contribution is 5.58. The van der Waals surface area contributed by atoms with Crippen molar-refractivity contribution < 1.29 is 18.1 Å². The molecule has 7 heteroatoms. The van der Waals surface area contributed by atoms with Crippen LogP contribution < -0.4 is 5.32 Å². The van der Waals surface area contributed by atoms with Gasteiger partial charge in [0.2, 0.25) is 6.54 Å². The monoisotopic (exact) mass is 274 g/mol. The first kappa shape index (κ1) is 13.6. The summed E-state index contributed by atoms with van der Waals surface area (Å²) in [6, 6.07) is 3.26. The van der Waals surface area contributed by atoms with Crippen LogP contribution in [0.3, 0.4) is 0 Å². The molecule has 2 rings (SSSR count). The molecule has 1 aliphatic rings. The number of benzene rings is 1. The Morgan fingerprint density at radius 3 is 2.74 bits per heavy atom. The van der Waals surface area contributed by atoms with Gasteiger partial charge in [0.1, 0.15) is 0 Å². The van der Waals surface area contributed by atoms with Gasteiger partial charge in [0.15, 0.2) is 0 Å². The molecule has 4 nitrogen and oxygen atoms in total. The zero-order valence-corrected chi connectivity index (χ0v) is 10.2. The first-order valence-corrected chi connectivity index (χ1v) is 5.87. The van der Waals surface area contributed by atoms with Crippen LogP contribution in [0.1, 0.15) is 30.4 Å². The maximum Gasteiger partial charge on any atom is 0.416 e. The molecule has 0 spiro atoms. The second-order valence-corrected chi connectivity index (χ2v) is 4.79. The van der Waals surface area contributed by atoms with Crippen LogP contribution in [0.25, 0.3) is 0 Å². The summed E-state index contributed by atoms with van der Waals surface area (Å²) in [5, 5.41) is 13.6. The fourth-order valence-electron chi connectivity index (χ4n) is 2.44. The Labute approximate surface area is 107 Å². The quantitative estimate of drug-likeness (QED) is 0.665. The molecular formula is C12H13F3N2O2. The lowest BCUT2D eigenvalue weighted by Gasteiger charge is -2.30. The SMILES string of the molecule is C[C@H]1C[C@@H](C[N+](=O)[O-])c2ccc(C(F)(F)F)cc2N1. The molecule has 0 aromatic heterocycles. The average Bonchev–Trinajstić information content (AvgIpc) is 2.25. The molecule has 0 aliphatic carbocycles. The van der Waals surface area contributed by atoms with E-state index in [1.807, 2.05) is 0 Å². The van der Waals surface area contributed by atoms with Crippen molar-refractivity contribution in [1.82, 2.24) is 0 Å². The Bertz CT molecular complexity index is 502. The minimum absolute atomic E-state index is 0.0825. The van der Waals surface area contributed by atoms with E-state index >= 15 is 0 Å². The molecule has 0 amide bonds. The minimum atomic E-state index is -4.41. The summed E-state index contributed by atoms with van der Waals surface area (Å²) in [5.74, 6) is -0.344. The molecule has 1 aromatic carbocycles. The second kappa shape index (κ2) is 4.71. The normalized spacial score (nSPS) is 22.5. The van der Waals surface area contributed by atoms with Gasteiger partial charge >= 0.3 is 6.18 Å². The Kier molecular flexibility index (Phi) is 3.38. The molecule has 0 saturated carbocycles. The van der Waals surface area contributed by atoms with Gasteiger partial charge in [-0.1, -0.05) is 6.07 Å². The van der Waals surface area contributed by atoms with Crippen LogP contribution >= 0.6 is 0 Å². The lowest BCUT2D eigenvalue weighted by Crippen LogP contribution is -2.29. The predicted octanol–water partition coefficient (Wildman–Crippen LogP) is 3.27. The van der Waals surface area contributed by atoms with Crippen LogP contribution in [-0.2, 0) is 6.18 Å². The standard InChI is InChI=1S/C12H13F3N2O2/c1-7-4-8(6-17(18)19)10-3-2-9(12(13,14)15)5-11(10)16-7/h2-3,5,7-8,16H,4,6H2,1H3/t7-,8-/m0/s1. The van der Waals surface area contributed by atoms with E-state index in [1.54, 1.807) is 6.92 Å². The average molecular weight is 274 g/mol. The van der Waals surface area contributed by atoms with E-state index in [4.69, 9.17) is 0 Å².